The van der Waals surface area contributed by atoms with Gasteiger partial charge in [-0.1, -0.05) is 35.1 Å². The van der Waals surface area contributed by atoms with E-state index in [0.29, 0.717) is 21.4 Å². The molecular weight excluding hydrogens is 472 g/mol. The van der Waals surface area contributed by atoms with Crippen LogP contribution in [0, 0.1) is 6.92 Å². The maximum Gasteiger partial charge on any atom is 0.260 e. The topological polar surface area (TPSA) is 91.5 Å². The van der Waals surface area contributed by atoms with Gasteiger partial charge in [-0.15, -0.1) is 0 Å². The Balaban J connectivity index is 1.59. The van der Waals surface area contributed by atoms with Gasteiger partial charge in [0.25, 0.3) is 5.91 Å². The molecule has 170 valence electrons. The normalized spacial score (nSPS) is 11.1. The van der Waals surface area contributed by atoms with E-state index >= 15 is 0 Å². The van der Waals surface area contributed by atoms with Crippen LogP contribution in [0.1, 0.15) is 21.5 Å². The number of anilines is 1. The molecule has 0 aliphatic rings. The second-order valence-corrected chi connectivity index (χ2v) is 9.20. The molecule has 0 bridgehead atoms. The number of hydrogen-bond acceptors (Lipinski definition) is 6. The molecule has 5 rings (SSSR count). The first kappa shape index (κ1) is 21.9. The van der Waals surface area contributed by atoms with Gasteiger partial charge >= 0.3 is 0 Å². The van der Waals surface area contributed by atoms with E-state index in [9.17, 15) is 15.0 Å². The summed E-state index contributed by atoms with van der Waals surface area (Å²) in [5.74, 6) is -0.541. The van der Waals surface area contributed by atoms with Gasteiger partial charge < -0.3 is 10.2 Å². The molecule has 34 heavy (non-hydrogen) atoms. The van der Waals surface area contributed by atoms with Crippen molar-refractivity contribution in [2.75, 3.05) is 4.90 Å². The molecule has 5 aromatic rings. The summed E-state index contributed by atoms with van der Waals surface area (Å²) >= 11 is 7.63. The van der Waals surface area contributed by atoms with Crippen LogP contribution in [0.4, 0.5) is 5.13 Å². The van der Waals surface area contributed by atoms with Crippen LogP contribution in [0.25, 0.3) is 15.9 Å². The SMILES string of the molecule is Cc1cc(Cl)cc2sc(N(Cc3cccnc3)C(=O)c3cccc(-n4c(O)ccc4O)c3)nc12. The fraction of sp³-hybridized carbons (Fsp3) is 0.0800. The Hall–Kier alpha value is -3.88. The minimum atomic E-state index is -0.278. The number of hydrogen-bond donors (Lipinski definition) is 2. The van der Waals surface area contributed by atoms with Crippen LogP contribution in [0.2, 0.25) is 5.02 Å². The Morgan fingerprint density at radius 3 is 2.62 bits per heavy atom. The highest BCUT2D eigenvalue weighted by Gasteiger charge is 2.23. The van der Waals surface area contributed by atoms with E-state index in [1.807, 2.05) is 31.2 Å². The summed E-state index contributed by atoms with van der Waals surface area (Å²) in [6, 6.07) is 16.9. The number of thiazole rings is 1. The average Bonchev–Trinajstić information content (AvgIpc) is 3.40. The van der Waals surface area contributed by atoms with Crippen molar-refractivity contribution in [1.82, 2.24) is 14.5 Å². The first-order valence-corrected chi connectivity index (χ1v) is 11.6. The number of nitrogens with zero attached hydrogens (tertiary/aromatic N) is 4. The zero-order chi connectivity index (χ0) is 23.8. The van der Waals surface area contributed by atoms with Crippen LogP contribution in [-0.4, -0.2) is 30.7 Å². The van der Waals surface area contributed by atoms with Crippen molar-refractivity contribution in [2.24, 2.45) is 0 Å². The lowest BCUT2D eigenvalue weighted by Gasteiger charge is -2.20. The van der Waals surface area contributed by atoms with E-state index in [1.54, 1.807) is 41.6 Å². The fourth-order valence-corrected chi connectivity index (χ4v) is 5.19. The van der Waals surface area contributed by atoms with E-state index in [4.69, 9.17) is 16.6 Å². The van der Waals surface area contributed by atoms with Crippen molar-refractivity contribution < 1.29 is 15.0 Å². The Morgan fingerprint density at radius 1 is 1.09 bits per heavy atom. The monoisotopic (exact) mass is 490 g/mol. The second-order valence-electron chi connectivity index (χ2n) is 7.75. The molecule has 0 fully saturated rings. The van der Waals surface area contributed by atoms with Crippen molar-refractivity contribution in [1.29, 1.82) is 0 Å². The zero-order valence-corrected chi connectivity index (χ0v) is 19.6. The van der Waals surface area contributed by atoms with Crippen molar-refractivity contribution in [3.8, 4) is 17.4 Å². The number of halogens is 1. The van der Waals surface area contributed by atoms with Crippen molar-refractivity contribution in [3.63, 3.8) is 0 Å². The highest BCUT2D eigenvalue weighted by molar-refractivity contribution is 7.22. The average molecular weight is 491 g/mol. The molecular formula is C25H19ClN4O3S. The van der Waals surface area contributed by atoms with Gasteiger partial charge in [0.1, 0.15) is 0 Å². The number of fused-ring (bicyclic) bond motifs is 1. The third kappa shape index (κ3) is 4.09. The van der Waals surface area contributed by atoms with Gasteiger partial charge in [0.05, 0.1) is 22.4 Å². The fourth-order valence-electron chi connectivity index (χ4n) is 3.77. The van der Waals surface area contributed by atoms with E-state index in [0.717, 1.165) is 21.3 Å². The highest BCUT2D eigenvalue weighted by Crippen LogP contribution is 2.35. The lowest BCUT2D eigenvalue weighted by atomic mass is 10.1. The molecule has 2 N–H and O–H groups in total. The third-order valence-electron chi connectivity index (χ3n) is 5.37. The van der Waals surface area contributed by atoms with Crippen LogP contribution < -0.4 is 4.90 Å². The van der Waals surface area contributed by atoms with Crippen LogP contribution >= 0.6 is 22.9 Å². The molecule has 0 spiro atoms. The Labute approximate surface area is 204 Å². The first-order chi connectivity index (χ1) is 16.4. The molecule has 1 amide bonds. The van der Waals surface area contributed by atoms with Gasteiger partial charge in [0.15, 0.2) is 16.9 Å². The minimum absolute atomic E-state index is 0.132. The third-order valence-corrected chi connectivity index (χ3v) is 6.61. The van der Waals surface area contributed by atoms with Gasteiger partial charge in [0, 0.05) is 35.1 Å². The highest BCUT2D eigenvalue weighted by atomic mass is 35.5. The van der Waals surface area contributed by atoms with Crippen LogP contribution in [0.3, 0.4) is 0 Å². The summed E-state index contributed by atoms with van der Waals surface area (Å²) in [6.07, 6.45) is 3.39. The van der Waals surface area contributed by atoms with Crippen molar-refractivity contribution in [2.45, 2.75) is 13.5 Å². The molecule has 0 aliphatic carbocycles. The van der Waals surface area contributed by atoms with Crippen molar-refractivity contribution in [3.05, 3.63) is 94.8 Å². The number of carbonyl (C=O) groups is 1. The van der Waals surface area contributed by atoms with Gasteiger partial charge in [-0.25, -0.2) is 4.98 Å². The summed E-state index contributed by atoms with van der Waals surface area (Å²) in [5.41, 5.74) is 3.41. The van der Waals surface area contributed by atoms with Gasteiger partial charge in [-0.3, -0.25) is 19.2 Å². The largest absolute Gasteiger partial charge is 0.494 e. The summed E-state index contributed by atoms with van der Waals surface area (Å²) in [5, 5.41) is 21.4. The molecule has 0 saturated carbocycles. The van der Waals surface area contributed by atoms with Gasteiger partial charge in [-0.2, -0.15) is 0 Å². The second kappa shape index (κ2) is 8.81. The number of aromatic nitrogens is 3. The molecule has 0 aliphatic heterocycles. The summed E-state index contributed by atoms with van der Waals surface area (Å²) in [4.78, 5) is 24.3. The number of benzene rings is 2. The molecule has 0 radical (unpaired) electrons. The predicted molar refractivity (Wildman–Crippen MR) is 133 cm³/mol. The Morgan fingerprint density at radius 2 is 1.88 bits per heavy atom. The molecule has 2 aromatic carbocycles. The first-order valence-electron chi connectivity index (χ1n) is 10.4. The maximum atomic E-state index is 13.8. The Bertz CT molecular complexity index is 1490. The van der Waals surface area contributed by atoms with Crippen LogP contribution in [0.15, 0.2) is 73.1 Å². The minimum Gasteiger partial charge on any atom is -0.494 e. The zero-order valence-electron chi connectivity index (χ0n) is 18.0. The van der Waals surface area contributed by atoms with E-state index in [2.05, 4.69) is 4.98 Å². The Kier molecular flexibility index (Phi) is 5.69. The quantitative estimate of drug-likeness (QED) is 0.329. The molecule has 9 heteroatoms. The van der Waals surface area contributed by atoms with Gasteiger partial charge in [-0.05, 0) is 54.4 Å². The smallest absolute Gasteiger partial charge is 0.260 e. The van der Waals surface area contributed by atoms with Gasteiger partial charge in [0.2, 0.25) is 0 Å². The number of amides is 1. The molecule has 3 heterocycles. The van der Waals surface area contributed by atoms with E-state index < -0.39 is 0 Å². The maximum absolute atomic E-state index is 13.8. The molecule has 3 aromatic heterocycles. The lowest BCUT2D eigenvalue weighted by Crippen LogP contribution is -2.30. The summed E-state index contributed by atoms with van der Waals surface area (Å²) in [6.45, 7) is 2.20. The predicted octanol–water partition coefficient (Wildman–Crippen LogP) is 5.70. The lowest BCUT2D eigenvalue weighted by molar-refractivity contribution is 0.0985. The number of pyridine rings is 1. The van der Waals surface area contributed by atoms with Crippen LogP contribution in [-0.2, 0) is 6.54 Å². The number of aromatic hydroxyl groups is 2. The van der Waals surface area contributed by atoms with Crippen molar-refractivity contribution >= 4 is 44.2 Å². The van der Waals surface area contributed by atoms with Crippen LogP contribution in [0.5, 0.6) is 11.8 Å². The summed E-state index contributed by atoms with van der Waals surface area (Å²) < 4.78 is 2.14. The molecule has 0 atom stereocenters. The molecule has 7 nitrogen and oxygen atoms in total. The van der Waals surface area contributed by atoms with E-state index in [1.165, 1.54) is 28.0 Å². The number of aryl methyl sites for hydroxylation is 1. The number of rotatable bonds is 5. The molecule has 0 unspecified atom stereocenters. The van der Waals surface area contributed by atoms with E-state index in [-0.39, 0.29) is 24.2 Å². The standard InChI is InChI=1S/C25H19ClN4O3S/c1-15-10-18(26)12-20-23(15)28-25(34-20)29(14-16-4-3-9-27-13-16)24(33)17-5-2-6-19(11-17)30-21(31)7-8-22(30)32/h2-13,31-32H,14H2,1H3. The summed E-state index contributed by atoms with van der Waals surface area (Å²) in [7, 11) is 0. The molecule has 0 saturated heterocycles. The number of carbonyl (C=O) groups excluding carboxylic acids is 1.